The van der Waals surface area contributed by atoms with Crippen LogP contribution in [0.2, 0.25) is 0 Å². The van der Waals surface area contributed by atoms with E-state index in [1.807, 2.05) is 5.32 Å². The molecule has 1 fully saturated rings. The molecule has 0 aliphatic carbocycles. The van der Waals surface area contributed by atoms with E-state index in [1.54, 1.807) is 12.1 Å². The van der Waals surface area contributed by atoms with Crippen LogP contribution in [0, 0.1) is 0 Å². The van der Waals surface area contributed by atoms with Gasteiger partial charge in [0.05, 0.1) is 12.6 Å². The molecule has 1 aromatic heterocycles. The van der Waals surface area contributed by atoms with Crippen molar-refractivity contribution >= 4 is 17.9 Å². The van der Waals surface area contributed by atoms with Crippen molar-refractivity contribution in [2.24, 2.45) is 0 Å². The molecule has 126 valence electrons. The topological polar surface area (TPSA) is 122 Å². The molecule has 1 saturated heterocycles. The lowest BCUT2D eigenvalue weighted by Crippen LogP contribution is -2.45. The minimum Gasteiger partial charge on any atom is -0.465 e. The van der Waals surface area contributed by atoms with Crippen molar-refractivity contribution in [2.75, 3.05) is 18.6 Å². The molecular weight excluding hydrogens is 304 g/mol. The molecule has 1 aliphatic heterocycles. The zero-order valence-electron chi connectivity index (χ0n) is 12.7. The molecule has 0 radical (unpaired) electrons. The van der Waals surface area contributed by atoms with Crippen molar-refractivity contribution in [3.63, 3.8) is 0 Å². The van der Waals surface area contributed by atoms with Crippen molar-refractivity contribution in [2.45, 2.75) is 31.8 Å². The van der Waals surface area contributed by atoms with E-state index >= 15 is 0 Å². The fourth-order valence-electron chi connectivity index (χ4n) is 2.24. The Morgan fingerprint density at radius 1 is 1.43 bits per heavy atom. The number of aromatic nitrogens is 1. The molecule has 9 heteroatoms. The quantitative estimate of drug-likeness (QED) is 0.613. The largest absolute Gasteiger partial charge is 0.465 e. The highest BCUT2D eigenvalue weighted by atomic mass is 16.5. The number of amides is 3. The van der Waals surface area contributed by atoms with E-state index in [9.17, 15) is 14.4 Å². The molecule has 4 N–H and O–H groups in total. The van der Waals surface area contributed by atoms with Gasteiger partial charge in [0, 0.05) is 12.8 Å². The normalized spacial score (nSPS) is 18.7. The monoisotopic (exact) mass is 324 g/mol. The average molecular weight is 324 g/mol. The zero-order valence-corrected chi connectivity index (χ0v) is 12.7. The molecule has 2 rings (SSSR count). The highest BCUT2D eigenvalue weighted by molar-refractivity contribution is 5.95. The molecule has 1 aromatic rings. The number of carbonyl (C=O) groups excluding carboxylic acids is 2. The number of hydrogen-bond donors (Lipinski definition) is 4. The van der Waals surface area contributed by atoms with Crippen LogP contribution in [0.25, 0.3) is 0 Å². The second-order valence-corrected chi connectivity index (χ2v) is 5.30. The summed E-state index contributed by atoms with van der Waals surface area (Å²) in [6.07, 6.45) is 1.95. The third-order valence-corrected chi connectivity index (χ3v) is 3.44. The lowest BCUT2D eigenvalue weighted by Gasteiger charge is -2.23. The van der Waals surface area contributed by atoms with Crippen LogP contribution in [0.3, 0.4) is 0 Å². The van der Waals surface area contributed by atoms with Crippen LogP contribution < -0.4 is 16.1 Å². The molecule has 9 nitrogen and oxygen atoms in total. The molecule has 1 unspecified atom stereocenters. The van der Waals surface area contributed by atoms with Crippen molar-refractivity contribution in [1.82, 2.24) is 15.3 Å². The van der Waals surface area contributed by atoms with Gasteiger partial charge in [-0.25, -0.2) is 4.79 Å². The van der Waals surface area contributed by atoms with Crippen LogP contribution in [-0.4, -0.2) is 53.0 Å². The Morgan fingerprint density at radius 2 is 2.22 bits per heavy atom. The van der Waals surface area contributed by atoms with E-state index in [4.69, 9.17) is 9.84 Å². The summed E-state index contributed by atoms with van der Waals surface area (Å²) in [5.74, 6) is -0.900. The first-order valence-electron chi connectivity index (χ1n) is 7.33. The predicted molar refractivity (Wildman–Crippen MR) is 80.7 cm³/mol. The van der Waals surface area contributed by atoms with E-state index in [1.165, 1.54) is 17.8 Å². The summed E-state index contributed by atoms with van der Waals surface area (Å²) < 4.78 is 6.57. The van der Waals surface area contributed by atoms with Crippen LogP contribution in [0.4, 0.5) is 4.79 Å². The minimum atomic E-state index is -1.30. The molecule has 0 aromatic carbocycles. The summed E-state index contributed by atoms with van der Waals surface area (Å²) in [5.41, 5.74) is 2.73. The number of rotatable bonds is 5. The van der Waals surface area contributed by atoms with Crippen molar-refractivity contribution < 1.29 is 24.2 Å². The van der Waals surface area contributed by atoms with Gasteiger partial charge in [0.1, 0.15) is 11.7 Å². The van der Waals surface area contributed by atoms with Crippen LogP contribution in [0.15, 0.2) is 18.3 Å². The Labute approximate surface area is 133 Å². The van der Waals surface area contributed by atoms with Gasteiger partial charge in [-0.2, -0.15) is 0 Å². The van der Waals surface area contributed by atoms with E-state index in [2.05, 4.69) is 10.7 Å². The van der Waals surface area contributed by atoms with E-state index < -0.39 is 18.0 Å². The Morgan fingerprint density at radius 3 is 2.87 bits per heavy atom. The molecule has 23 heavy (non-hydrogen) atoms. The smallest absolute Gasteiger partial charge is 0.405 e. The summed E-state index contributed by atoms with van der Waals surface area (Å²) in [5, 5.41) is 13.5. The number of hydrogen-bond acceptors (Lipinski definition) is 4. The van der Waals surface area contributed by atoms with Crippen molar-refractivity contribution in [3.05, 3.63) is 24.0 Å². The maximum absolute atomic E-state index is 12.3. The van der Waals surface area contributed by atoms with Gasteiger partial charge < -0.3 is 20.5 Å². The first kappa shape index (κ1) is 16.8. The molecule has 1 aliphatic rings. The van der Waals surface area contributed by atoms with Crippen LogP contribution in [0.5, 0.6) is 0 Å². The summed E-state index contributed by atoms with van der Waals surface area (Å²) in [7, 11) is 0. The average Bonchev–Trinajstić information content (AvgIpc) is 2.95. The summed E-state index contributed by atoms with van der Waals surface area (Å²) in [4.78, 5) is 34.7. The lowest BCUT2D eigenvalue weighted by atomic mass is 10.1. The van der Waals surface area contributed by atoms with E-state index in [-0.39, 0.29) is 17.6 Å². The van der Waals surface area contributed by atoms with Gasteiger partial charge in [-0.1, -0.05) is 0 Å². The van der Waals surface area contributed by atoms with Gasteiger partial charge >= 0.3 is 6.09 Å². The van der Waals surface area contributed by atoms with Gasteiger partial charge in [0.15, 0.2) is 0 Å². The second kappa shape index (κ2) is 7.63. The zero-order chi connectivity index (χ0) is 16.8. The highest BCUT2D eigenvalue weighted by Crippen LogP contribution is 2.08. The fourth-order valence-corrected chi connectivity index (χ4v) is 2.24. The SMILES string of the molecule is C[C@H](NC(=O)O)C(=O)Nn1cccc1C(=O)NC1CCCOC1. The third kappa shape index (κ3) is 4.71. The van der Waals surface area contributed by atoms with Crippen LogP contribution >= 0.6 is 0 Å². The summed E-state index contributed by atoms with van der Waals surface area (Å²) in [6, 6.07) is 2.18. The Balaban J connectivity index is 1.96. The number of nitrogens with zero attached hydrogens (tertiary/aromatic N) is 1. The van der Waals surface area contributed by atoms with Crippen LogP contribution in [-0.2, 0) is 9.53 Å². The first-order chi connectivity index (χ1) is 11.0. The molecule has 3 amide bonds. The maximum atomic E-state index is 12.3. The van der Waals surface area contributed by atoms with E-state index in [0.717, 1.165) is 12.8 Å². The molecule has 0 bridgehead atoms. The summed E-state index contributed by atoms with van der Waals surface area (Å²) >= 11 is 0. The molecule has 2 atom stereocenters. The number of ether oxygens (including phenoxy) is 1. The first-order valence-corrected chi connectivity index (χ1v) is 7.33. The highest BCUT2D eigenvalue weighted by Gasteiger charge is 2.21. The van der Waals surface area contributed by atoms with Crippen LogP contribution in [0.1, 0.15) is 30.3 Å². The van der Waals surface area contributed by atoms with Crippen molar-refractivity contribution in [1.29, 1.82) is 0 Å². The number of carbonyl (C=O) groups is 3. The van der Waals surface area contributed by atoms with Gasteiger partial charge in [0.25, 0.3) is 11.8 Å². The summed E-state index contributed by atoms with van der Waals surface area (Å²) in [6.45, 7) is 2.58. The molecule has 2 heterocycles. The molecule has 0 spiro atoms. The number of nitrogens with one attached hydrogen (secondary N) is 3. The maximum Gasteiger partial charge on any atom is 0.405 e. The van der Waals surface area contributed by atoms with Gasteiger partial charge in [-0.3, -0.25) is 19.7 Å². The fraction of sp³-hybridized carbons (Fsp3) is 0.500. The molecular formula is C14H20N4O5. The third-order valence-electron chi connectivity index (χ3n) is 3.44. The van der Waals surface area contributed by atoms with E-state index in [0.29, 0.717) is 13.2 Å². The standard InChI is InChI=1S/C14H20N4O5/c1-9(15-14(21)22)12(19)17-18-6-2-5-11(18)13(20)16-10-4-3-7-23-8-10/h2,5-6,9-10,15H,3-4,7-8H2,1H3,(H,16,20)(H,17,19)(H,21,22)/t9-,10?/m0/s1. The van der Waals surface area contributed by atoms with Gasteiger partial charge in [-0.05, 0) is 31.9 Å². The Kier molecular flexibility index (Phi) is 5.58. The minimum absolute atomic E-state index is 0.0529. The lowest BCUT2D eigenvalue weighted by molar-refractivity contribution is -0.118. The van der Waals surface area contributed by atoms with Gasteiger partial charge in [-0.15, -0.1) is 0 Å². The second-order valence-electron chi connectivity index (χ2n) is 5.30. The van der Waals surface area contributed by atoms with Gasteiger partial charge in [0.2, 0.25) is 0 Å². The Hall–Kier alpha value is -2.55. The molecule has 0 saturated carbocycles. The number of carboxylic acid groups (broad SMARTS) is 1. The predicted octanol–water partition coefficient (Wildman–Crippen LogP) is 0.123. The van der Waals surface area contributed by atoms with Crippen molar-refractivity contribution in [3.8, 4) is 0 Å². The Bertz CT molecular complexity index is 579.